The highest BCUT2D eigenvalue weighted by Gasteiger charge is 2.25. The number of alkyl halides is 3. The Hall–Kier alpha value is -1.19. The minimum atomic E-state index is -4.05. The van der Waals surface area contributed by atoms with Crippen molar-refractivity contribution in [2.45, 2.75) is 32.9 Å². The zero-order valence-corrected chi connectivity index (χ0v) is 9.49. The van der Waals surface area contributed by atoms with Crippen LogP contribution in [0, 0.1) is 13.8 Å². The van der Waals surface area contributed by atoms with Crippen molar-refractivity contribution in [3.05, 3.63) is 29.3 Å². The lowest BCUT2D eigenvalue weighted by molar-refractivity contribution is -0.134. The lowest BCUT2D eigenvalue weighted by atomic mass is 10.1. The summed E-state index contributed by atoms with van der Waals surface area (Å²) in [7, 11) is 0. The molecule has 0 atom stereocenters. The van der Waals surface area contributed by atoms with E-state index in [2.05, 4.69) is 5.32 Å². The zero-order valence-electron chi connectivity index (χ0n) is 9.49. The Bertz CT molecular complexity index is 345. The van der Waals surface area contributed by atoms with E-state index in [1.165, 1.54) is 5.56 Å². The molecule has 0 aliphatic heterocycles. The zero-order chi connectivity index (χ0) is 12.2. The van der Waals surface area contributed by atoms with E-state index in [1.807, 2.05) is 32.0 Å². The molecule has 0 fully saturated rings. The van der Waals surface area contributed by atoms with E-state index in [0.717, 1.165) is 11.3 Å². The molecule has 0 amide bonds. The van der Waals surface area contributed by atoms with Crippen LogP contribution in [0.1, 0.15) is 24.0 Å². The summed E-state index contributed by atoms with van der Waals surface area (Å²) in [5.74, 6) is 0. The Morgan fingerprint density at radius 1 is 1.12 bits per heavy atom. The number of benzene rings is 1. The second kappa shape index (κ2) is 5.23. The lowest BCUT2D eigenvalue weighted by Gasteiger charge is -2.09. The van der Waals surface area contributed by atoms with Gasteiger partial charge in [-0.25, -0.2) is 0 Å². The highest BCUT2D eigenvalue weighted by atomic mass is 19.4. The maximum atomic E-state index is 11.9. The molecule has 0 bridgehead atoms. The van der Waals surface area contributed by atoms with Crippen LogP contribution in [-0.2, 0) is 0 Å². The van der Waals surface area contributed by atoms with Gasteiger partial charge in [0.15, 0.2) is 0 Å². The Kier molecular flexibility index (Phi) is 4.21. The maximum Gasteiger partial charge on any atom is 0.389 e. The van der Waals surface area contributed by atoms with Gasteiger partial charge in [0.2, 0.25) is 0 Å². The van der Waals surface area contributed by atoms with E-state index in [9.17, 15) is 13.2 Å². The molecular formula is C12H16F3N. The number of hydrogen-bond donors (Lipinski definition) is 1. The van der Waals surface area contributed by atoms with Gasteiger partial charge < -0.3 is 5.32 Å². The van der Waals surface area contributed by atoms with Gasteiger partial charge in [0.05, 0.1) is 0 Å². The fraction of sp³-hybridized carbons (Fsp3) is 0.500. The monoisotopic (exact) mass is 231 g/mol. The second-order valence-corrected chi connectivity index (χ2v) is 3.94. The molecule has 1 aromatic carbocycles. The SMILES string of the molecule is Cc1ccc(NCCCC(F)(F)F)cc1C. The summed E-state index contributed by atoms with van der Waals surface area (Å²) in [6, 6.07) is 5.79. The fourth-order valence-electron chi connectivity index (χ4n) is 1.37. The predicted molar refractivity (Wildman–Crippen MR) is 59.7 cm³/mol. The number of halogens is 3. The summed E-state index contributed by atoms with van der Waals surface area (Å²) in [4.78, 5) is 0. The van der Waals surface area contributed by atoms with Gasteiger partial charge >= 0.3 is 6.18 Å². The van der Waals surface area contributed by atoms with E-state index in [0.29, 0.717) is 6.54 Å². The summed E-state index contributed by atoms with van der Waals surface area (Å²) in [5.41, 5.74) is 3.20. The standard InChI is InChI=1S/C12H16F3N/c1-9-4-5-11(8-10(9)2)16-7-3-6-12(13,14)15/h4-5,8,16H,3,6-7H2,1-2H3. The molecule has 0 spiro atoms. The van der Waals surface area contributed by atoms with E-state index in [-0.39, 0.29) is 6.42 Å². The molecule has 0 radical (unpaired) electrons. The van der Waals surface area contributed by atoms with Crippen LogP contribution >= 0.6 is 0 Å². The van der Waals surface area contributed by atoms with Gasteiger partial charge in [-0.05, 0) is 43.5 Å². The molecule has 1 nitrogen and oxygen atoms in total. The second-order valence-electron chi connectivity index (χ2n) is 3.94. The molecule has 1 aromatic rings. The highest BCUT2D eigenvalue weighted by molar-refractivity contribution is 5.47. The first-order valence-electron chi connectivity index (χ1n) is 5.26. The minimum Gasteiger partial charge on any atom is -0.385 e. The Balaban J connectivity index is 2.35. The molecule has 90 valence electrons. The first kappa shape index (κ1) is 12.9. The van der Waals surface area contributed by atoms with E-state index in [1.54, 1.807) is 0 Å². The summed E-state index contributed by atoms with van der Waals surface area (Å²) in [6.45, 7) is 4.33. The number of rotatable bonds is 4. The third-order valence-electron chi connectivity index (χ3n) is 2.47. The van der Waals surface area contributed by atoms with Crippen LogP contribution in [0.15, 0.2) is 18.2 Å². The van der Waals surface area contributed by atoms with Gasteiger partial charge in [0.1, 0.15) is 0 Å². The van der Waals surface area contributed by atoms with Crippen LogP contribution in [0.3, 0.4) is 0 Å². The van der Waals surface area contributed by atoms with Crippen molar-refractivity contribution in [2.24, 2.45) is 0 Å². The Morgan fingerprint density at radius 3 is 2.38 bits per heavy atom. The molecule has 0 unspecified atom stereocenters. The first-order chi connectivity index (χ1) is 7.38. The average molecular weight is 231 g/mol. The normalized spacial score (nSPS) is 11.6. The summed E-state index contributed by atoms with van der Waals surface area (Å²) in [6.07, 6.45) is -4.67. The van der Waals surface area contributed by atoms with E-state index >= 15 is 0 Å². The van der Waals surface area contributed by atoms with E-state index < -0.39 is 12.6 Å². The van der Waals surface area contributed by atoms with Crippen LogP contribution in [-0.4, -0.2) is 12.7 Å². The van der Waals surface area contributed by atoms with Crippen molar-refractivity contribution in [1.82, 2.24) is 0 Å². The van der Waals surface area contributed by atoms with Crippen LogP contribution in [0.5, 0.6) is 0 Å². The summed E-state index contributed by atoms with van der Waals surface area (Å²) >= 11 is 0. The molecule has 0 heterocycles. The van der Waals surface area contributed by atoms with Crippen LogP contribution < -0.4 is 5.32 Å². The molecule has 0 saturated carbocycles. The molecule has 0 saturated heterocycles. The topological polar surface area (TPSA) is 12.0 Å². The highest BCUT2D eigenvalue weighted by Crippen LogP contribution is 2.21. The number of nitrogens with one attached hydrogen (secondary N) is 1. The quantitative estimate of drug-likeness (QED) is 0.770. The molecule has 1 N–H and O–H groups in total. The number of aryl methyl sites for hydroxylation is 2. The summed E-state index contributed by atoms with van der Waals surface area (Å²) < 4.78 is 35.6. The Morgan fingerprint density at radius 2 is 1.81 bits per heavy atom. The van der Waals surface area contributed by atoms with Crippen molar-refractivity contribution in [3.8, 4) is 0 Å². The van der Waals surface area contributed by atoms with Crippen molar-refractivity contribution >= 4 is 5.69 Å². The summed E-state index contributed by atoms with van der Waals surface area (Å²) in [5, 5.41) is 2.99. The fourth-order valence-corrected chi connectivity index (χ4v) is 1.37. The molecule has 4 heteroatoms. The van der Waals surface area contributed by atoms with E-state index in [4.69, 9.17) is 0 Å². The molecule has 0 aliphatic carbocycles. The van der Waals surface area contributed by atoms with Crippen molar-refractivity contribution in [3.63, 3.8) is 0 Å². The molecule has 1 rings (SSSR count). The molecular weight excluding hydrogens is 215 g/mol. The van der Waals surface area contributed by atoms with Gasteiger partial charge in [-0.3, -0.25) is 0 Å². The molecule has 0 aromatic heterocycles. The van der Waals surface area contributed by atoms with Crippen LogP contribution in [0.25, 0.3) is 0 Å². The van der Waals surface area contributed by atoms with Gasteiger partial charge in [0.25, 0.3) is 0 Å². The van der Waals surface area contributed by atoms with Crippen LogP contribution in [0.2, 0.25) is 0 Å². The van der Waals surface area contributed by atoms with Crippen molar-refractivity contribution in [2.75, 3.05) is 11.9 Å². The van der Waals surface area contributed by atoms with Gasteiger partial charge in [0, 0.05) is 18.7 Å². The molecule has 0 aliphatic rings. The Labute approximate surface area is 93.7 Å². The molecule has 16 heavy (non-hydrogen) atoms. The van der Waals surface area contributed by atoms with Crippen molar-refractivity contribution in [1.29, 1.82) is 0 Å². The minimum absolute atomic E-state index is 0.108. The number of anilines is 1. The van der Waals surface area contributed by atoms with Gasteiger partial charge in [-0.2, -0.15) is 13.2 Å². The third-order valence-corrected chi connectivity index (χ3v) is 2.47. The van der Waals surface area contributed by atoms with Crippen LogP contribution in [0.4, 0.5) is 18.9 Å². The van der Waals surface area contributed by atoms with Gasteiger partial charge in [-0.15, -0.1) is 0 Å². The number of hydrogen-bond acceptors (Lipinski definition) is 1. The lowest BCUT2D eigenvalue weighted by Crippen LogP contribution is -2.11. The smallest absolute Gasteiger partial charge is 0.385 e. The van der Waals surface area contributed by atoms with Crippen molar-refractivity contribution < 1.29 is 13.2 Å². The first-order valence-corrected chi connectivity index (χ1v) is 5.26. The maximum absolute atomic E-state index is 11.9. The van der Waals surface area contributed by atoms with Gasteiger partial charge in [-0.1, -0.05) is 6.07 Å². The predicted octanol–water partition coefficient (Wildman–Crippen LogP) is 4.06. The largest absolute Gasteiger partial charge is 0.389 e. The average Bonchev–Trinajstić information content (AvgIpc) is 2.17. The third kappa shape index (κ3) is 4.55.